The fourth-order valence-corrected chi connectivity index (χ4v) is 0.986. The first-order valence-electron chi connectivity index (χ1n) is 3.54. The third-order valence-electron chi connectivity index (χ3n) is 1.79. The van der Waals surface area contributed by atoms with Crippen LogP contribution in [0.4, 0.5) is 26.5 Å². The number of aliphatic carboxylic acids is 1. The van der Waals surface area contributed by atoms with Gasteiger partial charge in [-0.3, -0.25) is 4.94 Å². The number of hydrogen-bond donors (Lipinski definition) is 0. The molecule has 3 nitrogen and oxygen atoms in total. The number of carboxylic acids is 1. The van der Waals surface area contributed by atoms with Gasteiger partial charge in [-0.1, -0.05) is 0 Å². The standard InChI is InChI=1S/C7H2F6O3.Na/c8-3-1-2(5(14)15)4(16-13)7(11,12)6(3,9)10;/h1H,(H,14,15);/q;+1/p-1. The zero-order chi connectivity index (χ0) is 12.7. The predicted octanol–water partition coefficient (Wildman–Crippen LogP) is -1.97. The molecular weight excluding hydrogens is 269 g/mol. The van der Waals surface area contributed by atoms with Crippen LogP contribution in [0.2, 0.25) is 0 Å². The minimum absolute atomic E-state index is 0. The maximum atomic E-state index is 12.8. The van der Waals surface area contributed by atoms with E-state index >= 15 is 0 Å². The van der Waals surface area contributed by atoms with Crippen LogP contribution in [0.1, 0.15) is 0 Å². The zero-order valence-corrected chi connectivity index (χ0v) is 10.1. The molecule has 1 rings (SSSR count). The molecule has 0 aromatic heterocycles. The van der Waals surface area contributed by atoms with Crippen molar-refractivity contribution in [3.63, 3.8) is 0 Å². The second kappa shape index (κ2) is 4.91. The average Bonchev–Trinajstić information content (AvgIpc) is 2.14. The van der Waals surface area contributed by atoms with Crippen molar-refractivity contribution in [2.24, 2.45) is 0 Å². The second-order valence-electron chi connectivity index (χ2n) is 2.75. The molecule has 0 aliphatic heterocycles. The number of halogens is 6. The summed E-state index contributed by atoms with van der Waals surface area (Å²) in [4.78, 5) is 12.5. The Morgan fingerprint density at radius 3 is 2.06 bits per heavy atom. The Bertz CT molecular complexity index is 402. The molecule has 0 atom stereocenters. The summed E-state index contributed by atoms with van der Waals surface area (Å²) in [5.74, 6) is -18.5. The van der Waals surface area contributed by atoms with Crippen molar-refractivity contribution in [1.29, 1.82) is 0 Å². The Labute approximate surface area is 112 Å². The summed E-state index contributed by atoms with van der Waals surface area (Å²) in [5, 5.41) is 10.2. The van der Waals surface area contributed by atoms with E-state index in [4.69, 9.17) is 0 Å². The summed E-state index contributed by atoms with van der Waals surface area (Å²) in [5.41, 5.74) is -1.82. The van der Waals surface area contributed by atoms with Gasteiger partial charge in [0.1, 0.15) is 0 Å². The largest absolute Gasteiger partial charge is 1.00 e. The average molecular weight is 270 g/mol. The number of allylic oxidation sites excluding steroid dienone is 2. The maximum absolute atomic E-state index is 12.8. The van der Waals surface area contributed by atoms with Crippen molar-refractivity contribution in [3.8, 4) is 0 Å². The molecule has 0 fully saturated rings. The summed E-state index contributed by atoms with van der Waals surface area (Å²) in [6.07, 6.45) is -0.484. The Morgan fingerprint density at radius 2 is 1.71 bits per heavy atom. The molecule has 0 radical (unpaired) electrons. The van der Waals surface area contributed by atoms with Crippen molar-refractivity contribution in [3.05, 3.63) is 23.2 Å². The van der Waals surface area contributed by atoms with Gasteiger partial charge in [0.05, 0.1) is 5.97 Å². The summed E-state index contributed by atoms with van der Waals surface area (Å²) in [6.45, 7) is 0. The van der Waals surface area contributed by atoms with Gasteiger partial charge < -0.3 is 9.90 Å². The summed E-state index contributed by atoms with van der Waals surface area (Å²) in [6, 6.07) is 0. The minimum Gasteiger partial charge on any atom is -0.545 e. The Hall–Kier alpha value is -0.670. The summed E-state index contributed by atoms with van der Waals surface area (Å²) in [7, 11) is 0. The molecule has 17 heavy (non-hydrogen) atoms. The summed E-state index contributed by atoms with van der Waals surface area (Å²) >= 11 is 0. The van der Waals surface area contributed by atoms with Crippen LogP contribution < -0.4 is 34.7 Å². The van der Waals surface area contributed by atoms with Crippen molar-refractivity contribution in [2.45, 2.75) is 11.8 Å². The molecule has 0 aromatic rings. The molecule has 0 N–H and O–H groups in total. The van der Waals surface area contributed by atoms with Gasteiger partial charge in [-0.15, -0.1) is 0 Å². The van der Waals surface area contributed by atoms with Gasteiger partial charge in [-0.2, -0.15) is 17.6 Å². The van der Waals surface area contributed by atoms with Gasteiger partial charge in [0, 0.05) is 10.1 Å². The SMILES string of the molecule is O=C([O-])C1=C(OF)C(F)(F)C(F)(F)C(F)=C1.[Na+]. The van der Waals surface area contributed by atoms with E-state index in [0.717, 1.165) is 0 Å². The minimum atomic E-state index is -5.45. The van der Waals surface area contributed by atoms with Crippen LogP contribution in [0, 0.1) is 0 Å². The number of carboxylic acid groups (broad SMARTS) is 1. The molecule has 0 amide bonds. The van der Waals surface area contributed by atoms with E-state index in [1.165, 1.54) is 0 Å². The van der Waals surface area contributed by atoms with Crippen molar-refractivity contribution >= 4 is 5.97 Å². The molecule has 0 spiro atoms. The van der Waals surface area contributed by atoms with Crippen LogP contribution >= 0.6 is 0 Å². The molecule has 90 valence electrons. The molecule has 10 heteroatoms. The van der Waals surface area contributed by atoms with Gasteiger partial charge in [-0.05, 0) is 6.08 Å². The first kappa shape index (κ1) is 16.3. The third-order valence-corrected chi connectivity index (χ3v) is 1.79. The van der Waals surface area contributed by atoms with Crippen LogP contribution in [0.15, 0.2) is 23.2 Å². The monoisotopic (exact) mass is 270 g/mol. The van der Waals surface area contributed by atoms with Gasteiger partial charge in [-0.25, -0.2) is 4.39 Å². The van der Waals surface area contributed by atoms with E-state index < -0.39 is 41.0 Å². The van der Waals surface area contributed by atoms with Crippen molar-refractivity contribution in [2.75, 3.05) is 0 Å². The number of rotatable bonds is 2. The molecule has 1 aliphatic carbocycles. The van der Waals surface area contributed by atoms with Crippen molar-refractivity contribution < 1.29 is 70.9 Å². The number of carbonyl (C=O) groups excluding carboxylic acids is 1. The predicted molar refractivity (Wildman–Crippen MR) is 33.3 cm³/mol. The van der Waals surface area contributed by atoms with Crippen LogP contribution in [-0.4, -0.2) is 17.8 Å². The third kappa shape index (κ3) is 2.31. The zero-order valence-electron chi connectivity index (χ0n) is 8.07. The smallest absolute Gasteiger partial charge is 0.545 e. The molecular formula is C7HF6NaO3. The van der Waals surface area contributed by atoms with E-state index in [0.29, 0.717) is 0 Å². The number of alkyl halides is 4. The van der Waals surface area contributed by atoms with Gasteiger partial charge >= 0.3 is 41.4 Å². The second-order valence-corrected chi connectivity index (χ2v) is 2.75. The molecule has 0 saturated carbocycles. The first-order valence-corrected chi connectivity index (χ1v) is 3.54. The Balaban J connectivity index is 0.00000256. The summed E-state index contributed by atoms with van der Waals surface area (Å²) < 4.78 is 74.8. The molecule has 1 aliphatic rings. The number of hydrogen-bond acceptors (Lipinski definition) is 3. The molecule has 0 heterocycles. The Morgan fingerprint density at radius 1 is 1.24 bits per heavy atom. The van der Waals surface area contributed by atoms with Crippen molar-refractivity contribution in [1.82, 2.24) is 0 Å². The van der Waals surface area contributed by atoms with E-state index in [1.807, 2.05) is 0 Å². The molecule has 0 unspecified atom stereocenters. The van der Waals surface area contributed by atoms with Crippen LogP contribution in [0.3, 0.4) is 0 Å². The van der Waals surface area contributed by atoms with Gasteiger partial charge in [0.2, 0.25) is 5.76 Å². The van der Waals surface area contributed by atoms with E-state index in [1.54, 1.807) is 0 Å². The van der Waals surface area contributed by atoms with Crippen LogP contribution in [0.25, 0.3) is 0 Å². The molecule has 0 saturated heterocycles. The van der Waals surface area contributed by atoms with Gasteiger partial charge in [0.15, 0.2) is 5.83 Å². The van der Waals surface area contributed by atoms with E-state index in [-0.39, 0.29) is 29.6 Å². The van der Waals surface area contributed by atoms with Crippen LogP contribution in [0.5, 0.6) is 0 Å². The quantitative estimate of drug-likeness (QED) is 0.432. The first-order chi connectivity index (χ1) is 7.16. The fourth-order valence-electron chi connectivity index (χ4n) is 0.986. The maximum Gasteiger partial charge on any atom is 1.00 e. The molecule has 0 bridgehead atoms. The Kier molecular flexibility index (Phi) is 4.71. The van der Waals surface area contributed by atoms with Gasteiger partial charge in [0.25, 0.3) is 0 Å². The van der Waals surface area contributed by atoms with E-state index in [2.05, 4.69) is 4.94 Å². The molecule has 0 aromatic carbocycles. The normalized spacial score (nSPS) is 21.4. The van der Waals surface area contributed by atoms with E-state index in [9.17, 15) is 36.4 Å². The number of carbonyl (C=O) groups is 1. The topological polar surface area (TPSA) is 49.4 Å². The fraction of sp³-hybridized carbons (Fsp3) is 0.286. The van der Waals surface area contributed by atoms with Crippen LogP contribution in [-0.2, 0) is 9.74 Å².